The molecule has 8 bridgehead atoms. The summed E-state index contributed by atoms with van der Waals surface area (Å²) in [5, 5.41) is 3.99. The number of hydrogen-bond donors (Lipinski definition) is 4. The SMILES string of the molecule is C[N+](C)(C)c1ccc(Oc2ccc(C3=c4ccc([nH]4)=Cc4ccc([nH]4)C(c4ccc(Oc5ccc([N+](C)(C)C)cc5)cc4)=c4ccc([nH]4)=Cc4ccc3[nH]4)cc2)cc1. The maximum atomic E-state index is 6.25. The minimum absolute atomic E-state index is 0.752. The van der Waals surface area contributed by atoms with Crippen molar-refractivity contribution in [3.63, 3.8) is 0 Å². The summed E-state index contributed by atoms with van der Waals surface area (Å²) in [4.78, 5) is 14.8. The predicted octanol–water partition coefficient (Wildman–Crippen LogP) is 7.44. The van der Waals surface area contributed by atoms with Gasteiger partial charge in [0.05, 0.1) is 42.3 Å². The van der Waals surface area contributed by atoms with Crippen molar-refractivity contribution in [1.82, 2.24) is 28.9 Å². The molecule has 4 aromatic heterocycles. The van der Waals surface area contributed by atoms with Crippen molar-refractivity contribution in [2.45, 2.75) is 0 Å². The number of H-pyrrole nitrogens is 4. The van der Waals surface area contributed by atoms with Gasteiger partial charge in [0.15, 0.2) is 0 Å². The Labute approximate surface area is 338 Å². The lowest BCUT2D eigenvalue weighted by molar-refractivity contribution is 0.473. The van der Waals surface area contributed by atoms with Crippen molar-refractivity contribution < 1.29 is 9.47 Å². The number of ether oxygens (including phenoxy) is 2. The monoisotopic (exact) mass is 764 g/mol. The molecule has 58 heavy (non-hydrogen) atoms. The van der Waals surface area contributed by atoms with E-state index in [1.165, 1.54) is 11.4 Å². The quantitative estimate of drug-likeness (QED) is 0.122. The Morgan fingerprint density at radius 3 is 1.03 bits per heavy atom. The molecule has 8 nitrogen and oxygen atoms in total. The van der Waals surface area contributed by atoms with E-state index in [4.69, 9.17) is 9.47 Å². The van der Waals surface area contributed by atoms with E-state index in [-0.39, 0.29) is 0 Å². The fourth-order valence-electron chi connectivity index (χ4n) is 7.39. The van der Waals surface area contributed by atoms with Crippen LogP contribution < -0.4 is 39.8 Å². The zero-order valence-corrected chi connectivity index (χ0v) is 33.7. The number of nitrogens with zero attached hydrogens (tertiary/aromatic N) is 2. The molecule has 0 unspecified atom stereocenters. The molecule has 1 aliphatic rings. The number of hydrogen-bond acceptors (Lipinski definition) is 2. The van der Waals surface area contributed by atoms with Crippen LogP contribution in [0.3, 0.4) is 0 Å². The van der Waals surface area contributed by atoms with Gasteiger partial charge in [0, 0.05) is 79.6 Å². The van der Waals surface area contributed by atoms with E-state index in [0.717, 1.165) is 98.4 Å². The maximum absolute atomic E-state index is 6.25. The first-order chi connectivity index (χ1) is 27.9. The highest BCUT2D eigenvalue weighted by Crippen LogP contribution is 2.30. The van der Waals surface area contributed by atoms with Crippen molar-refractivity contribution in [3.8, 4) is 23.0 Å². The summed E-state index contributed by atoms with van der Waals surface area (Å²) in [6, 6.07) is 50.2. The molecule has 8 heteroatoms. The van der Waals surface area contributed by atoms with E-state index in [1.807, 2.05) is 48.5 Å². The second-order valence-corrected chi connectivity index (χ2v) is 16.6. The second kappa shape index (κ2) is 14.5. The van der Waals surface area contributed by atoms with Crippen LogP contribution in [-0.4, -0.2) is 62.2 Å². The fourth-order valence-corrected chi connectivity index (χ4v) is 7.39. The predicted molar refractivity (Wildman–Crippen MR) is 237 cm³/mol. The number of nitrogens with one attached hydrogen (secondary N) is 4. The zero-order chi connectivity index (χ0) is 40.0. The Kier molecular flexibility index (Phi) is 9.15. The van der Waals surface area contributed by atoms with Gasteiger partial charge < -0.3 is 29.4 Å². The topological polar surface area (TPSA) is 81.6 Å². The Morgan fingerprint density at radius 1 is 0.345 bits per heavy atom. The standard InChI is InChI=1S/C50H48N6O2/c1-55(2,3)39-15-23-43(24-16-39)57-41-19-7-33(8-20-41)49-45-27-11-35(51-45)31-37-13-29-47(53-37)50(48-30-14-38(54-48)32-36-12-28-46(49)52-36)34-9-21-42(22-10-34)58-44-25-17-40(18-26-44)56(4,5)6/h7-32,51-54H,1-6H3/q+2. The molecule has 4 aromatic carbocycles. The van der Waals surface area contributed by atoms with Gasteiger partial charge in [-0.25, -0.2) is 0 Å². The average molecular weight is 765 g/mol. The van der Waals surface area contributed by atoms with Gasteiger partial charge in [-0.15, -0.1) is 0 Å². The number of fused-ring (bicyclic) bond motifs is 8. The molecule has 0 saturated carbocycles. The van der Waals surface area contributed by atoms with Crippen LogP contribution in [0, 0.1) is 0 Å². The molecule has 9 rings (SSSR count). The van der Waals surface area contributed by atoms with Crippen LogP contribution >= 0.6 is 0 Å². The van der Waals surface area contributed by atoms with Crippen LogP contribution in [0.1, 0.15) is 33.9 Å². The minimum Gasteiger partial charge on any atom is -0.457 e. The summed E-state index contributed by atoms with van der Waals surface area (Å²) in [6.45, 7) is 0. The average Bonchev–Trinajstić information content (AvgIpc) is 4.04. The molecule has 0 spiro atoms. The smallest absolute Gasteiger partial charge is 0.132 e. The van der Waals surface area contributed by atoms with E-state index in [2.05, 4.69) is 171 Å². The summed E-state index contributed by atoms with van der Waals surface area (Å²) in [5.41, 5.74) is 10.7. The van der Waals surface area contributed by atoms with Crippen LogP contribution in [0.15, 0.2) is 146 Å². The lowest BCUT2D eigenvalue weighted by Gasteiger charge is -2.23. The Hall–Kier alpha value is -7.00. The van der Waals surface area contributed by atoms with Gasteiger partial charge in [-0.05, 0) is 120 Å². The Balaban J connectivity index is 1.06. The molecule has 0 atom stereocenters. The largest absolute Gasteiger partial charge is 0.457 e. The normalized spacial score (nSPS) is 12.9. The molecule has 0 amide bonds. The van der Waals surface area contributed by atoms with Crippen molar-refractivity contribution in [2.75, 3.05) is 42.3 Å². The van der Waals surface area contributed by atoms with Crippen molar-refractivity contribution >= 4 is 34.7 Å². The van der Waals surface area contributed by atoms with Gasteiger partial charge >= 0.3 is 0 Å². The summed E-state index contributed by atoms with van der Waals surface area (Å²) < 4.78 is 14.0. The first kappa shape index (κ1) is 36.6. The van der Waals surface area contributed by atoms with E-state index in [9.17, 15) is 0 Å². The van der Waals surface area contributed by atoms with Crippen LogP contribution in [0.5, 0.6) is 23.0 Å². The summed E-state index contributed by atoms with van der Waals surface area (Å²) in [7, 11) is 12.9. The molecule has 0 saturated heterocycles. The van der Waals surface area contributed by atoms with Crippen LogP contribution in [0.2, 0.25) is 0 Å². The highest BCUT2D eigenvalue weighted by molar-refractivity contribution is 5.79. The van der Waals surface area contributed by atoms with Gasteiger partial charge in [0.25, 0.3) is 0 Å². The van der Waals surface area contributed by atoms with Gasteiger partial charge in [-0.1, -0.05) is 24.3 Å². The van der Waals surface area contributed by atoms with Crippen molar-refractivity contribution in [3.05, 3.63) is 201 Å². The van der Waals surface area contributed by atoms with Gasteiger partial charge in [0.1, 0.15) is 34.4 Å². The van der Waals surface area contributed by atoms with E-state index >= 15 is 0 Å². The van der Waals surface area contributed by atoms with Crippen LogP contribution in [-0.2, 0) is 0 Å². The number of rotatable bonds is 8. The molecule has 0 fully saturated rings. The third-order valence-electron chi connectivity index (χ3n) is 10.5. The third kappa shape index (κ3) is 7.71. The molecule has 4 N–H and O–H groups in total. The Bertz CT molecular complexity index is 2780. The fraction of sp³-hybridized carbons (Fsp3) is 0.120. The minimum atomic E-state index is 0.752. The van der Waals surface area contributed by atoms with Crippen LogP contribution in [0.25, 0.3) is 23.3 Å². The summed E-state index contributed by atoms with van der Waals surface area (Å²) >= 11 is 0. The first-order valence-electron chi connectivity index (χ1n) is 19.5. The molecule has 5 heterocycles. The Morgan fingerprint density at radius 2 is 0.690 bits per heavy atom. The molecule has 0 aliphatic carbocycles. The molecular weight excluding hydrogens is 717 g/mol. The van der Waals surface area contributed by atoms with E-state index < -0.39 is 0 Å². The lowest BCUT2D eigenvalue weighted by Crippen LogP contribution is -2.34. The number of benzene rings is 4. The number of aromatic amines is 4. The maximum Gasteiger partial charge on any atom is 0.132 e. The van der Waals surface area contributed by atoms with E-state index in [0.29, 0.717) is 0 Å². The lowest BCUT2D eigenvalue weighted by atomic mass is 10.0. The van der Waals surface area contributed by atoms with Gasteiger partial charge in [-0.3, -0.25) is 8.97 Å². The third-order valence-corrected chi connectivity index (χ3v) is 10.5. The van der Waals surface area contributed by atoms with Gasteiger partial charge in [-0.2, -0.15) is 0 Å². The molecule has 288 valence electrons. The highest BCUT2D eigenvalue weighted by Gasteiger charge is 2.16. The van der Waals surface area contributed by atoms with Crippen molar-refractivity contribution in [1.29, 1.82) is 0 Å². The molecule has 8 aromatic rings. The van der Waals surface area contributed by atoms with E-state index in [1.54, 1.807) is 0 Å². The summed E-state index contributed by atoms with van der Waals surface area (Å²) in [6.07, 6.45) is 4.29. The molecular formula is C50H48N6O2+2. The van der Waals surface area contributed by atoms with Crippen molar-refractivity contribution in [2.24, 2.45) is 0 Å². The number of quaternary nitrogens is 2. The van der Waals surface area contributed by atoms with Crippen LogP contribution in [0.4, 0.5) is 11.4 Å². The highest BCUT2D eigenvalue weighted by atomic mass is 16.5. The summed E-state index contributed by atoms with van der Waals surface area (Å²) in [5.74, 6) is 3.18. The first-order valence-corrected chi connectivity index (χ1v) is 19.5. The molecule has 0 radical (unpaired) electrons. The second-order valence-electron chi connectivity index (χ2n) is 16.6. The van der Waals surface area contributed by atoms with Gasteiger partial charge in [0.2, 0.25) is 0 Å². The molecule has 1 aliphatic heterocycles. The number of aromatic nitrogens is 4. The zero-order valence-electron chi connectivity index (χ0n) is 33.7.